The first kappa shape index (κ1) is 42.6. The smallest absolute Gasteiger partial charge is 0.153 e. The van der Waals surface area contributed by atoms with Gasteiger partial charge in [-0.15, -0.1) is 0 Å². The molecule has 5 heteroatoms. The van der Waals surface area contributed by atoms with E-state index in [1.807, 2.05) is 0 Å². The highest BCUT2D eigenvalue weighted by Crippen LogP contribution is 2.42. The molecule has 0 spiro atoms. The molecule has 4 fully saturated rings. The van der Waals surface area contributed by atoms with Gasteiger partial charge in [-0.3, -0.25) is 9.80 Å². The Bertz CT molecular complexity index is 2210. The van der Waals surface area contributed by atoms with E-state index < -0.39 is 9.84 Å². The van der Waals surface area contributed by atoms with Gasteiger partial charge in [0.05, 0.1) is 11.5 Å². The van der Waals surface area contributed by atoms with Crippen LogP contribution < -0.4 is 0 Å². The summed E-state index contributed by atoms with van der Waals surface area (Å²) < 4.78 is 30.0. The van der Waals surface area contributed by atoms with Crippen molar-refractivity contribution >= 4 is 45.3 Å². The minimum atomic E-state index is -3.34. The SMILES string of the molecule is O=S(=O)(CC(CC1CCCCC1)N1CCC(=C2c3ccccc3C=Cc3ccccc32)CC1)CC(CC1CCCCC1)N1CCC(=C2c3ccccc3C=Cc3ccccc32)CC1. The number of likely N-dealkylation sites (tertiary alicyclic amines) is 2. The fourth-order valence-electron chi connectivity index (χ4n) is 12.6. The first-order valence-electron chi connectivity index (χ1n) is 24.8. The Morgan fingerprint density at radius 1 is 0.429 bits per heavy atom. The number of rotatable bonds is 10. The molecule has 0 aromatic heterocycles. The Balaban J connectivity index is 0.894. The summed E-state index contributed by atoms with van der Waals surface area (Å²) in [7, 11) is -3.34. The van der Waals surface area contributed by atoms with E-state index in [0.717, 1.165) is 64.7 Å². The third-order valence-electron chi connectivity index (χ3n) is 15.9. The van der Waals surface area contributed by atoms with Gasteiger partial charge in [-0.05, 0) is 106 Å². The average Bonchev–Trinajstić information content (AvgIpc) is 3.60. The minimum Gasteiger partial charge on any atom is -0.299 e. The summed E-state index contributed by atoms with van der Waals surface area (Å²) in [6.07, 6.45) is 27.9. The predicted molar refractivity (Wildman–Crippen MR) is 266 cm³/mol. The van der Waals surface area contributed by atoms with Crippen LogP contribution in [0.4, 0.5) is 0 Å². The summed E-state index contributed by atoms with van der Waals surface area (Å²) in [6, 6.07) is 35.6. The number of benzene rings is 4. The molecule has 63 heavy (non-hydrogen) atoms. The van der Waals surface area contributed by atoms with Gasteiger partial charge in [0, 0.05) is 38.3 Å². The van der Waals surface area contributed by atoms with Crippen molar-refractivity contribution in [1.82, 2.24) is 9.80 Å². The van der Waals surface area contributed by atoms with Crippen LogP contribution in [-0.4, -0.2) is 68.0 Å². The van der Waals surface area contributed by atoms with Crippen LogP contribution in [0.1, 0.15) is 147 Å². The van der Waals surface area contributed by atoms with E-state index >= 15 is 0 Å². The Labute approximate surface area is 378 Å². The summed E-state index contributed by atoms with van der Waals surface area (Å²) in [5.74, 6) is 1.86. The summed E-state index contributed by atoms with van der Waals surface area (Å²) in [5.41, 5.74) is 16.3. The van der Waals surface area contributed by atoms with Crippen molar-refractivity contribution in [2.24, 2.45) is 11.8 Å². The molecule has 2 aliphatic heterocycles. The number of hydrogen-bond acceptors (Lipinski definition) is 4. The fraction of sp³-hybridized carbons (Fsp3) is 0.448. The first-order chi connectivity index (χ1) is 31.0. The Hall–Kier alpha value is -4.29. The van der Waals surface area contributed by atoms with Crippen molar-refractivity contribution in [1.29, 1.82) is 0 Å². The molecular formula is C58H68N2O2S. The summed E-state index contributed by atoms with van der Waals surface area (Å²) in [5, 5.41) is 0. The van der Waals surface area contributed by atoms with Crippen molar-refractivity contribution < 1.29 is 8.42 Å². The second-order valence-corrected chi connectivity index (χ2v) is 22.1. The number of nitrogens with zero attached hydrogens (tertiary/aromatic N) is 2. The molecule has 2 unspecified atom stereocenters. The molecule has 0 amide bonds. The van der Waals surface area contributed by atoms with Crippen LogP contribution in [0, 0.1) is 11.8 Å². The molecule has 0 N–H and O–H groups in total. The molecule has 2 heterocycles. The second-order valence-electron chi connectivity index (χ2n) is 19.9. The highest BCUT2D eigenvalue weighted by Gasteiger charge is 2.36. The van der Waals surface area contributed by atoms with Gasteiger partial charge in [-0.1, -0.05) is 197 Å². The van der Waals surface area contributed by atoms with E-state index in [1.165, 1.54) is 131 Å². The quantitative estimate of drug-likeness (QED) is 0.138. The van der Waals surface area contributed by atoms with Crippen molar-refractivity contribution in [2.75, 3.05) is 37.7 Å². The van der Waals surface area contributed by atoms with E-state index in [-0.39, 0.29) is 12.1 Å². The monoisotopic (exact) mass is 857 g/mol. The van der Waals surface area contributed by atoms with Gasteiger partial charge >= 0.3 is 0 Å². The maximum absolute atomic E-state index is 15.0. The highest BCUT2D eigenvalue weighted by molar-refractivity contribution is 7.91. The molecule has 6 aliphatic rings. The second kappa shape index (κ2) is 19.4. The summed E-state index contributed by atoms with van der Waals surface area (Å²) in [6.45, 7) is 3.72. The Morgan fingerprint density at radius 3 is 1.05 bits per heavy atom. The summed E-state index contributed by atoms with van der Waals surface area (Å²) >= 11 is 0. The maximum Gasteiger partial charge on any atom is 0.153 e. The molecule has 0 radical (unpaired) electrons. The number of sulfone groups is 1. The standard InChI is InChI=1S/C58H68N2O2S/c61-63(62,41-51(39-43-15-3-1-4-16-43)59-35-31-49(32-36-59)57-53-23-11-7-19-45(53)27-28-46-20-8-12-24-54(46)57)42-52(40-44-17-5-2-6-18-44)60-37-33-50(34-38-60)58-55-25-13-9-21-47(55)29-30-48-22-10-14-26-56(48)58/h7-14,19-30,43-44,51-52H,1-6,15-18,31-42H2. The zero-order chi connectivity index (χ0) is 42.6. The van der Waals surface area contributed by atoms with Gasteiger partial charge in [0.1, 0.15) is 0 Å². The van der Waals surface area contributed by atoms with Gasteiger partial charge in [-0.25, -0.2) is 8.42 Å². The van der Waals surface area contributed by atoms with Gasteiger partial charge in [-0.2, -0.15) is 0 Å². The van der Waals surface area contributed by atoms with Crippen LogP contribution in [0.15, 0.2) is 108 Å². The van der Waals surface area contributed by atoms with E-state index in [9.17, 15) is 8.42 Å². The molecule has 4 aromatic carbocycles. The van der Waals surface area contributed by atoms with Crippen LogP contribution in [-0.2, 0) is 9.84 Å². The van der Waals surface area contributed by atoms with Crippen LogP contribution >= 0.6 is 0 Å². The third-order valence-corrected chi connectivity index (χ3v) is 17.7. The van der Waals surface area contributed by atoms with Crippen molar-refractivity contribution in [3.05, 3.63) is 153 Å². The van der Waals surface area contributed by atoms with Crippen molar-refractivity contribution in [2.45, 2.75) is 115 Å². The Morgan fingerprint density at radius 2 is 0.730 bits per heavy atom. The van der Waals surface area contributed by atoms with Crippen molar-refractivity contribution in [3.63, 3.8) is 0 Å². The minimum absolute atomic E-state index is 0.0806. The lowest BCUT2D eigenvalue weighted by atomic mass is 9.83. The lowest BCUT2D eigenvalue weighted by molar-refractivity contribution is 0.154. The summed E-state index contributed by atoms with van der Waals surface area (Å²) in [4.78, 5) is 5.24. The molecule has 2 atom stereocenters. The van der Waals surface area contributed by atoms with E-state index in [0.29, 0.717) is 23.3 Å². The molecule has 328 valence electrons. The molecule has 4 nitrogen and oxygen atoms in total. The molecular weight excluding hydrogens is 789 g/mol. The highest BCUT2D eigenvalue weighted by atomic mass is 32.2. The normalized spacial score (nSPS) is 21.2. The lowest BCUT2D eigenvalue weighted by Gasteiger charge is -2.40. The van der Waals surface area contributed by atoms with Crippen LogP contribution in [0.2, 0.25) is 0 Å². The predicted octanol–water partition coefficient (Wildman–Crippen LogP) is 13.2. The van der Waals surface area contributed by atoms with Gasteiger partial charge in [0.2, 0.25) is 0 Å². The number of hydrogen-bond donors (Lipinski definition) is 0. The lowest BCUT2D eigenvalue weighted by Crippen LogP contribution is -2.48. The number of piperidine rings is 2. The van der Waals surface area contributed by atoms with Crippen molar-refractivity contribution in [3.8, 4) is 0 Å². The maximum atomic E-state index is 15.0. The molecule has 4 aromatic rings. The fourth-order valence-corrected chi connectivity index (χ4v) is 14.6. The van der Waals surface area contributed by atoms with E-state index in [2.05, 4.69) is 131 Å². The molecule has 0 bridgehead atoms. The van der Waals surface area contributed by atoms with E-state index in [4.69, 9.17) is 0 Å². The van der Waals surface area contributed by atoms with Crippen LogP contribution in [0.25, 0.3) is 35.5 Å². The molecule has 2 saturated heterocycles. The third kappa shape index (κ3) is 9.73. The van der Waals surface area contributed by atoms with E-state index in [1.54, 1.807) is 0 Å². The molecule has 2 saturated carbocycles. The van der Waals surface area contributed by atoms with Crippen LogP contribution in [0.3, 0.4) is 0 Å². The largest absolute Gasteiger partial charge is 0.299 e. The topological polar surface area (TPSA) is 40.6 Å². The Kier molecular flexibility index (Phi) is 13.2. The van der Waals surface area contributed by atoms with Gasteiger partial charge in [0.15, 0.2) is 9.84 Å². The first-order valence-corrected chi connectivity index (χ1v) is 26.6. The van der Waals surface area contributed by atoms with Gasteiger partial charge in [0.25, 0.3) is 0 Å². The zero-order valence-corrected chi connectivity index (χ0v) is 38.3. The number of fused-ring (bicyclic) bond motifs is 4. The molecule has 10 rings (SSSR count). The molecule has 4 aliphatic carbocycles. The van der Waals surface area contributed by atoms with Gasteiger partial charge < -0.3 is 0 Å². The van der Waals surface area contributed by atoms with Crippen LogP contribution in [0.5, 0.6) is 0 Å². The zero-order valence-electron chi connectivity index (χ0n) is 37.5. The average molecular weight is 857 g/mol.